The number of aromatic carboxylic acids is 1. The summed E-state index contributed by atoms with van der Waals surface area (Å²) in [5.41, 5.74) is 0.0844. The largest absolute Gasteiger partial charge is 0.507 e. The van der Waals surface area contributed by atoms with Gasteiger partial charge in [-0.2, -0.15) is 0 Å². The molecular formula is C9H6Cl4O3. The maximum Gasteiger partial charge on any atom is 0.339 e. The lowest BCUT2D eigenvalue weighted by molar-refractivity contribution is 0.0693. The summed E-state index contributed by atoms with van der Waals surface area (Å²) in [6.45, 7) is 0. The van der Waals surface area contributed by atoms with Crippen LogP contribution in [0.4, 0.5) is 0 Å². The second-order valence-corrected chi connectivity index (χ2v) is 5.79. The Bertz CT molecular complexity index is 414. The van der Waals surface area contributed by atoms with E-state index in [4.69, 9.17) is 51.5 Å². The van der Waals surface area contributed by atoms with Crippen LogP contribution in [0, 0.1) is 0 Å². The fourth-order valence-corrected chi connectivity index (χ4v) is 1.59. The van der Waals surface area contributed by atoms with Crippen molar-refractivity contribution in [2.75, 3.05) is 0 Å². The van der Waals surface area contributed by atoms with Crippen molar-refractivity contribution in [1.29, 1.82) is 0 Å². The molecule has 1 rings (SSSR count). The topological polar surface area (TPSA) is 57.5 Å². The van der Waals surface area contributed by atoms with Gasteiger partial charge in [-0.1, -0.05) is 40.9 Å². The highest BCUT2D eigenvalue weighted by Crippen LogP contribution is 2.44. The fourth-order valence-electron chi connectivity index (χ4n) is 1.08. The molecule has 0 heterocycles. The van der Waals surface area contributed by atoms with Gasteiger partial charge in [0.05, 0.1) is 0 Å². The van der Waals surface area contributed by atoms with Crippen LogP contribution in [0.15, 0.2) is 18.2 Å². The van der Waals surface area contributed by atoms with Crippen molar-refractivity contribution < 1.29 is 15.0 Å². The minimum atomic E-state index is -1.74. The van der Waals surface area contributed by atoms with Crippen LogP contribution in [-0.4, -0.2) is 20.0 Å². The molecule has 88 valence electrons. The number of carboxylic acid groups (broad SMARTS) is 1. The van der Waals surface area contributed by atoms with Crippen molar-refractivity contribution in [3.05, 3.63) is 29.3 Å². The number of alkyl halides is 4. The molecule has 1 aromatic rings. The molecule has 2 N–H and O–H groups in total. The second kappa shape index (κ2) is 4.88. The summed E-state index contributed by atoms with van der Waals surface area (Å²) in [6.07, 6.45) is 0. The Balaban J connectivity index is 3.11. The molecular weight excluding hydrogens is 298 g/mol. The van der Waals surface area contributed by atoms with E-state index in [1.165, 1.54) is 12.1 Å². The maximum atomic E-state index is 10.6. The summed E-state index contributed by atoms with van der Waals surface area (Å²) in [5.74, 6) is -1.67. The van der Waals surface area contributed by atoms with Gasteiger partial charge in [0.15, 0.2) is 0 Å². The van der Waals surface area contributed by atoms with E-state index in [1.807, 2.05) is 0 Å². The molecule has 0 saturated carbocycles. The molecule has 0 aliphatic rings. The van der Waals surface area contributed by atoms with Crippen LogP contribution in [0.25, 0.3) is 0 Å². The third kappa shape index (κ3) is 3.08. The van der Waals surface area contributed by atoms with Crippen LogP contribution >= 0.6 is 46.4 Å². The highest BCUT2D eigenvalue weighted by molar-refractivity contribution is 6.70. The highest BCUT2D eigenvalue weighted by Gasteiger charge is 2.32. The molecule has 1 aromatic carbocycles. The zero-order chi connectivity index (χ0) is 12.5. The lowest BCUT2D eigenvalue weighted by atomic mass is 10.1. The molecule has 0 bridgehead atoms. The number of carbonyl (C=O) groups is 1. The normalized spacial score (nSPS) is 13.5. The van der Waals surface area contributed by atoms with E-state index < -0.39 is 20.9 Å². The van der Waals surface area contributed by atoms with Crippen LogP contribution in [0.3, 0.4) is 0 Å². The fraction of sp³-hybridized carbons (Fsp3) is 0.222. The standard InChI is InChI=1S/C9H6Cl4O3/c10-7(9(11,12)13)4-1-2-5(8(15)16)6(14)3-4/h1-3,7,14H,(H,15,16). The predicted molar refractivity (Wildman–Crippen MR) is 64.0 cm³/mol. The number of benzene rings is 1. The summed E-state index contributed by atoms with van der Waals surface area (Å²) in [7, 11) is 0. The number of hydrogen-bond acceptors (Lipinski definition) is 2. The lowest BCUT2D eigenvalue weighted by Crippen LogP contribution is -2.11. The van der Waals surface area contributed by atoms with E-state index in [-0.39, 0.29) is 5.56 Å². The molecule has 16 heavy (non-hydrogen) atoms. The Hall–Kier alpha value is -0.350. The van der Waals surface area contributed by atoms with E-state index in [9.17, 15) is 9.90 Å². The average molecular weight is 304 g/mol. The SMILES string of the molecule is O=C(O)c1ccc(C(Cl)C(Cl)(Cl)Cl)cc1O. The van der Waals surface area contributed by atoms with Gasteiger partial charge in [0.25, 0.3) is 0 Å². The predicted octanol–water partition coefficient (Wildman–Crippen LogP) is 3.74. The van der Waals surface area contributed by atoms with Crippen LogP contribution in [0.1, 0.15) is 21.3 Å². The molecule has 0 aliphatic carbocycles. The Kier molecular flexibility index (Phi) is 4.18. The first kappa shape index (κ1) is 13.7. The zero-order valence-corrected chi connectivity index (χ0v) is 10.6. The molecule has 0 radical (unpaired) electrons. The Morgan fingerprint density at radius 1 is 1.31 bits per heavy atom. The van der Waals surface area contributed by atoms with Crippen molar-refractivity contribution in [2.45, 2.75) is 9.17 Å². The lowest BCUT2D eigenvalue weighted by Gasteiger charge is -2.18. The molecule has 0 aliphatic heterocycles. The summed E-state index contributed by atoms with van der Waals surface area (Å²) < 4.78 is -1.74. The molecule has 0 aromatic heterocycles. The minimum Gasteiger partial charge on any atom is -0.507 e. The number of carboxylic acids is 1. The van der Waals surface area contributed by atoms with E-state index >= 15 is 0 Å². The van der Waals surface area contributed by atoms with Gasteiger partial charge in [0.2, 0.25) is 3.79 Å². The van der Waals surface area contributed by atoms with Gasteiger partial charge in [-0.3, -0.25) is 0 Å². The van der Waals surface area contributed by atoms with Crippen LogP contribution < -0.4 is 0 Å². The summed E-state index contributed by atoms with van der Waals surface area (Å²) in [4.78, 5) is 10.6. The quantitative estimate of drug-likeness (QED) is 0.818. The van der Waals surface area contributed by atoms with Gasteiger partial charge >= 0.3 is 5.97 Å². The Morgan fingerprint density at radius 3 is 2.25 bits per heavy atom. The van der Waals surface area contributed by atoms with Crippen LogP contribution in [0.5, 0.6) is 5.75 Å². The zero-order valence-electron chi connectivity index (χ0n) is 7.62. The van der Waals surface area contributed by atoms with Gasteiger partial charge in [-0.15, -0.1) is 11.6 Å². The molecule has 0 fully saturated rings. The van der Waals surface area contributed by atoms with Crippen molar-refractivity contribution >= 4 is 52.4 Å². The third-order valence-corrected chi connectivity index (χ3v) is 3.40. The van der Waals surface area contributed by atoms with Gasteiger partial charge in [0.1, 0.15) is 16.7 Å². The summed E-state index contributed by atoms with van der Waals surface area (Å²) >= 11 is 22.6. The van der Waals surface area contributed by atoms with E-state index in [1.54, 1.807) is 0 Å². The van der Waals surface area contributed by atoms with Gasteiger partial charge < -0.3 is 10.2 Å². The number of aromatic hydroxyl groups is 1. The number of halogens is 4. The minimum absolute atomic E-state index is 0.239. The van der Waals surface area contributed by atoms with Crippen molar-refractivity contribution in [3.63, 3.8) is 0 Å². The van der Waals surface area contributed by atoms with Crippen molar-refractivity contribution in [3.8, 4) is 5.75 Å². The van der Waals surface area contributed by atoms with Gasteiger partial charge in [-0.25, -0.2) is 4.79 Å². The van der Waals surface area contributed by atoms with Crippen LogP contribution in [-0.2, 0) is 0 Å². The first-order valence-corrected chi connectivity index (χ1v) is 5.57. The van der Waals surface area contributed by atoms with Crippen LogP contribution in [0.2, 0.25) is 0 Å². The number of phenols is 1. The molecule has 0 amide bonds. The third-order valence-electron chi connectivity index (χ3n) is 1.83. The van der Waals surface area contributed by atoms with Crippen molar-refractivity contribution in [1.82, 2.24) is 0 Å². The molecule has 0 spiro atoms. The first-order chi connectivity index (χ1) is 7.23. The number of hydrogen-bond donors (Lipinski definition) is 2. The van der Waals surface area contributed by atoms with Gasteiger partial charge in [-0.05, 0) is 17.7 Å². The number of rotatable bonds is 2. The van der Waals surface area contributed by atoms with E-state index in [2.05, 4.69) is 0 Å². The Labute approximate surface area is 111 Å². The summed E-state index contributed by atoms with van der Waals surface area (Å²) in [6, 6.07) is 3.73. The van der Waals surface area contributed by atoms with Gasteiger partial charge in [0, 0.05) is 0 Å². The smallest absolute Gasteiger partial charge is 0.339 e. The highest BCUT2D eigenvalue weighted by atomic mass is 35.6. The molecule has 7 heteroatoms. The maximum absolute atomic E-state index is 10.6. The molecule has 0 saturated heterocycles. The average Bonchev–Trinajstić information content (AvgIpc) is 2.14. The van der Waals surface area contributed by atoms with Crippen molar-refractivity contribution in [2.24, 2.45) is 0 Å². The molecule has 3 nitrogen and oxygen atoms in total. The monoisotopic (exact) mass is 302 g/mol. The molecule has 1 unspecified atom stereocenters. The Morgan fingerprint density at radius 2 is 1.88 bits per heavy atom. The summed E-state index contributed by atoms with van der Waals surface area (Å²) in [5, 5.41) is 17.1. The van der Waals surface area contributed by atoms with E-state index in [0.29, 0.717) is 5.56 Å². The van der Waals surface area contributed by atoms with E-state index in [0.717, 1.165) is 6.07 Å². The first-order valence-electron chi connectivity index (χ1n) is 4.00. The molecule has 1 atom stereocenters. The second-order valence-electron chi connectivity index (χ2n) is 2.99.